The number of methoxy groups -OCH3 is 1. The zero-order valence-corrected chi connectivity index (χ0v) is 13.8. The highest BCUT2D eigenvalue weighted by molar-refractivity contribution is 7.80. The maximum Gasteiger partial charge on any atom is 0.338 e. The van der Waals surface area contributed by atoms with Gasteiger partial charge in [-0.05, 0) is 67.9 Å². The minimum Gasteiger partial charge on any atom is -0.465 e. The minimum absolute atomic E-state index is 0.326. The molecular weight excluding hydrogens is 296 g/mol. The first kappa shape index (κ1) is 15.3. The van der Waals surface area contributed by atoms with Crippen molar-refractivity contribution in [3.8, 4) is 0 Å². The van der Waals surface area contributed by atoms with Gasteiger partial charge in [0.1, 0.15) is 0 Å². The number of ether oxygens (including phenoxy) is 1. The van der Waals surface area contributed by atoms with E-state index in [2.05, 4.69) is 10.6 Å². The van der Waals surface area contributed by atoms with Crippen LogP contribution in [0.2, 0.25) is 0 Å². The average Bonchev–Trinajstić information content (AvgIpc) is 3.11. The van der Waals surface area contributed by atoms with Crippen molar-refractivity contribution in [2.75, 3.05) is 12.4 Å². The lowest BCUT2D eigenvalue weighted by atomic mass is 9.95. The van der Waals surface area contributed by atoms with Crippen molar-refractivity contribution in [2.24, 2.45) is 11.8 Å². The Morgan fingerprint density at radius 1 is 1.32 bits per heavy atom. The summed E-state index contributed by atoms with van der Waals surface area (Å²) in [6, 6.07) is 6.03. The second-order valence-corrected chi connectivity index (χ2v) is 6.76. The summed E-state index contributed by atoms with van der Waals surface area (Å²) >= 11 is 5.45. The van der Waals surface area contributed by atoms with E-state index in [9.17, 15) is 4.79 Å². The van der Waals surface area contributed by atoms with Crippen molar-refractivity contribution in [1.29, 1.82) is 0 Å². The van der Waals surface area contributed by atoms with Gasteiger partial charge in [0, 0.05) is 11.7 Å². The highest BCUT2D eigenvalue weighted by Crippen LogP contribution is 2.44. The number of nitrogens with one attached hydrogen (secondary N) is 2. The Balaban J connectivity index is 1.65. The van der Waals surface area contributed by atoms with Gasteiger partial charge in [0.2, 0.25) is 0 Å². The lowest BCUT2D eigenvalue weighted by Crippen LogP contribution is -2.40. The molecule has 5 heteroatoms. The van der Waals surface area contributed by atoms with Crippen LogP contribution < -0.4 is 10.6 Å². The maximum atomic E-state index is 11.7. The molecule has 2 saturated carbocycles. The quantitative estimate of drug-likeness (QED) is 0.662. The summed E-state index contributed by atoms with van der Waals surface area (Å²) in [5.41, 5.74) is 2.27. The SMILES string of the molecule is COC(=O)c1cccc(NC(=S)N[C@H]2C[C@H]3CC[C@@H]2C3)c1C. The van der Waals surface area contributed by atoms with Crippen LogP contribution in [0.15, 0.2) is 18.2 Å². The van der Waals surface area contributed by atoms with Crippen molar-refractivity contribution >= 4 is 29.0 Å². The van der Waals surface area contributed by atoms with Crippen LogP contribution in [-0.4, -0.2) is 24.2 Å². The van der Waals surface area contributed by atoms with Crippen LogP contribution in [0.1, 0.15) is 41.6 Å². The molecule has 0 amide bonds. The number of hydrogen-bond acceptors (Lipinski definition) is 3. The van der Waals surface area contributed by atoms with Gasteiger partial charge in [-0.1, -0.05) is 12.5 Å². The van der Waals surface area contributed by atoms with E-state index in [1.807, 2.05) is 19.1 Å². The van der Waals surface area contributed by atoms with Crippen LogP contribution >= 0.6 is 12.2 Å². The molecule has 4 nitrogen and oxygen atoms in total. The zero-order chi connectivity index (χ0) is 15.7. The Morgan fingerprint density at radius 2 is 2.14 bits per heavy atom. The number of benzene rings is 1. The van der Waals surface area contributed by atoms with E-state index in [4.69, 9.17) is 17.0 Å². The second kappa shape index (κ2) is 6.24. The van der Waals surface area contributed by atoms with Crippen molar-refractivity contribution in [3.63, 3.8) is 0 Å². The number of thiocarbonyl (C=S) groups is 1. The lowest BCUT2D eigenvalue weighted by Gasteiger charge is -2.25. The standard InChI is InChI=1S/C17H22N2O2S/c1-10-13(16(20)21-2)4-3-5-14(10)18-17(22)19-15-9-11-6-7-12(15)8-11/h3-5,11-12,15H,6-9H2,1-2H3,(H2,18,19,22)/t11-,12+,15-/m0/s1. The molecule has 22 heavy (non-hydrogen) atoms. The Hall–Kier alpha value is -1.62. The summed E-state index contributed by atoms with van der Waals surface area (Å²) < 4.78 is 4.80. The summed E-state index contributed by atoms with van der Waals surface area (Å²) in [7, 11) is 1.39. The van der Waals surface area contributed by atoms with Crippen LogP contribution in [0.3, 0.4) is 0 Å². The van der Waals surface area contributed by atoms with E-state index in [0.29, 0.717) is 16.7 Å². The normalized spacial score (nSPS) is 25.8. The molecule has 0 heterocycles. The maximum absolute atomic E-state index is 11.7. The highest BCUT2D eigenvalue weighted by Gasteiger charge is 2.39. The second-order valence-electron chi connectivity index (χ2n) is 6.35. The Labute approximate surface area is 136 Å². The predicted octanol–water partition coefficient (Wildman–Crippen LogP) is 3.26. The summed E-state index contributed by atoms with van der Waals surface area (Å²) in [4.78, 5) is 11.7. The van der Waals surface area contributed by atoms with Crippen LogP contribution in [0.4, 0.5) is 5.69 Å². The Kier molecular flexibility index (Phi) is 4.34. The molecule has 3 atom stereocenters. The van der Waals surface area contributed by atoms with E-state index < -0.39 is 0 Å². The third-order valence-corrected chi connectivity index (χ3v) is 5.26. The molecule has 1 aromatic carbocycles. The fraction of sp³-hybridized carbons (Fsp3) is 0.529. The molecule has 0 spiro atoms. The number of carbonyl (C=O) groups is 1. The number of rotatable bonds is 3. The van der Waals surface area contributed by atoms with Crippen LogP contribution in [-0.2, 0) is 4.74 Å². The molecule has 0 aliphatic heterocycles. The van der Waals surface area contributed by atoms with Gasteiger partial charge in [-0.3, -0.25) is 0 Å². The number of carbonyl (C=O) groups excluding carboxylic acids is 1. The molecular formula is C17H22N2O2S. The van der Waals surface area contributed by atoms with Gasteiger partial charge in [0.25, 0.3) is 0 Å². The van der Waals surface area contributed by atoms with Gasteiger partial charge in [-0.2, -0.15) is 0 Å². The largest absolute Gasteiger partial charge is 0.465 e. The molecule has 2 N–H and O–H groups in total. The molecule has 2 aliphatic carbocycles. The molecule has 1 aromatic rings. The first-order valence-electron chi connectivity index (χ1n) is 7.84. The van der Waals surface area contributed by atoms with Gasteiger partial charge < -0.3 is 15.4 Å². The molecule has 2 bridgehead atoms. The lowest BCUT2D eigenvalue weighted by molar-refractivity contribution is 0.0600. The van der Waals surface area contributed by atoms with Gasteiger partial charge in [0.05, 0.1) is 12.7 Å². The fourth-order valence-corrected chi connectivity index (χ4v) is 4.11. The monoisotopic (exact) mass is 318 g/mol. The van der Waals surface area contributed by atoms with Gasteiger partial charge >= 0.3 is 5.97 Å². The van der Waals surface area contributed by atoms with Gasteiger partial charge in [-0.25, -0.2) is 4.79 Å². The average molecular weight is 318 g/mol. The minimum atomic E-state index is -0.326. The topological polar surface area (TPSA) is 50.4 Å². The summed E-state index contributed by atoms with van der Waals surface area (Å²) in [5, 5.41) is 7.32. The summed E-state index contributed by atoms with van der Waals surface area (Å²) in [6.07, 6.45) is 5.27. The number of hydrogen-bond donors (Lipinski definition) is 2. The van der Waals surface area contributed by atoms with E-state index in [-0.39, 0.29) is 5.97 Å². The predicted molar refractivity (Wildman–Crippen MR) is 91.1 cm³/mol. The van der Waals surface area contributed by atoms with Gasteiger partial charge in [0.15, 0.2) is 5.11 Å². The van der Waals surface area contributed by atoms with Crippen molar-refractivity contribution < 1.29 is 9.53 Å². The first-order chi connectivity index (χ1) is 10.6. The van der Waals surface area contributed by atoms with Crippen molar-refractivity contribution in [1.82, 2.24) is 5.32 Å². The molecule has 2 aliphatic rings. The fourth-order valence-electron chi connectivity index (χ4n) is 3.85. The summed E-state index contributed by atoms with van der Waals surface area (Å²) in [6.45, 7) is 1.90. The van der Waals surface area contributed by atoms with E-state index in [1.54, 1.807) is 6.07 Å². The third kappa shape index (κ3) is 2.95. The number of anilines is 1. The number of fused-ring (bicyclic) bond motifs is 2. The highest BCUT2D eigenvalue weighted by atomic mass is 32.1. The first-order valence-corrected chi connectivity index (χ1v) is 8.24. The summed E-state index contributed by atoms with van der Waals surface area (Å²) in [5.74, 6) is 1.33. The van der Waals surface area contributed by atoms with Crippen molar-refractivity contribution in [3.05, 3.63) is 29.3 Å². The third-order valence-electron chi connectivity index (χ3n) is 5.04. The Bertz CT molecular complexity index is 602. The van der Waals surface area contributed by atoms with Crippen molar-refractivity contribution in [2.45, 2.75) is 38.6 Å². The molecule has 0 saturated heterocycles. The molecule has 118 valence electrons. The van der Waals surface area contributed by atoms with E-state index in [1.165, 1.54) is 32.8 Å². The van der Waals surface area contributed by atoms with E-state index in [0.717, 1.165) is 23.1 Å². The molecule has 2 fully saturated rings. The van der Waals surface area contributed by atoms with E-state index >= 15 is 0 Å². The molecule has 0 radical (unpaired) electrons. The molecule has 3 rings (SSSR count). The molecule has 0 unspecified atom stereocenters. The molecule has 0 aromatic heterocycles. The zero-order valence-electron chi connectivity index (χ0n) is 13.0. The Morgan fingerprint density at radius 3 is 2.77 bits per heavy atom. The van der Waals surface area contributed by atoms with Gasteiger partial charge in [-0.15, -0.1) is 0 Å². The smallest absolute Gasteiger partial charge is 0.338 e. The van der Waals surface area contributed by atoms with Crippen LogP contribution in [0, 0.1) is 18.8 Å². The van der Waals surface area contributed by atoms with Crippen LogP contribution in [0.25, 0.3) is 0 Å². The van der Waals surface area contributed by atoms with Crippen LogP contribution in [0.5, 0.6) is 0 Å². The number of esters is 1.